The van der Waals surface area contributed by atoms with Crippen molar-refractivity contribution in [3.8, 4) is 0 Å². The molecule has 1 aliphatic rings. The van der Waals surface area contributed by atoms with Gasteiger partial charge in [0.1, 0.15) is 5.82 Å². The maximum atomic E-state index is 13.9. The van der Waals surface area contributed by atoms with E-state index in [2.05, 4.69) is 10.3 Å². The van der Waals surface area contributed by atoms with E-state index in [1.54, 1.807) is 30.6 Å². The lowest BCUT2D eigenvalue weighted by molar-refractivity contribution is -0.123. The van der Waals surface area contributed by atoms with E-state index in [1.165, 1.54) is 6.07 Å². The van der Waals surface area contributed by atoms with Crippen molar-refractivity contribution >= 4 is 5.91 Å². The molecule has 0 saturated heterocycles. The molecule has 1 saturated carbocycles. The highest BCUT2D eigenvalue weighted by Crippen LogP contribution is 2.49. The van der Waals surface area contributed by atoms with Crippen LogP contribution in [0.25, 0.3) is 0 Å². The Morgan fingerprint density at radius 2 is 2.05 bits per heavy atom. The summed E-state index contributed by atoms with van der Waals surface area (Å²) in [6, 6.07) is 10.2. The third-order valence-electron chi connectivity index (χ3n) is 3.75. The Balaban J connectivity index is 1.73. The van der Waals surface area contributed by atoms with Gasteiger partial charge in [-0.25, -0.2) is 4.39 Å². The van der Waals surface area contributed by atoms with Crippen molar-refractivity contribution < 1.29 is 9.18 Å². The Kier molecular flexibility index (Phi) is 3.22. The predicted octanol–water partition coefficient (Wildman–Crippen LogP) is 2.57. The molecule has 4 heteroatoms. The molecular weight excluding hydrogens is 255 g/mol. The predicted molar refractivity (Wildman–Crippen MR) is 73.4 cm³/mol. The fourth-order valence-electron chi connectivity index (χ4n) is 2.45. The topological polar surface area (TPSA) is 42.0 Å². The average molecular weight is 270 g/mol. The van der Waals surface area contributed by atoms with Crippen LogP contribution in [0.2, 0.25) is 0 Å². The molecule has 1 aromatic carbocycles. The molecule has 20 heavy (non-hydrogen) atoms. The monoisotopic (exact) mass is 270 g/mol. The Morgan fingerprint density at radius 3 is 2.70 bits per heavy atom. The van der Waals surface area contributed by atoms with Gasteiger partial charge in [-0.15, -0.1) is 0 Å². The molecule has 102 valence electrons. The largest absolute Gasteiger partial charge is 0.351 e. The van der Waals surface area contributed by atoms with Gasteiger partial charge in [0.2, 0.25) is 5.91 Å². The van der Waals surface area contributed by atoms with E-state index >= 15 is 0 Å². The van der Waals surface area contributed by atoms with Gasteiger partial charge in [0.25, 0.3) is 0 Å². The Bertz CT molecular complexity index is 623. The number of hydrogen-bond donors (Lipinski definition) is 1. The van der Waals surface area contributed by atoms with E-state index < -0.39 is 5.41 Å². The van der Waals surface area contributed by atoms with Crippen LogP contribution in [0.3, 0.4) is 0 Å². The first kappa shape index (κ1) is 12.8. The third kappa shape index (κ3) is 2.29. The van der Waals surface area contributed by atoms with Gasteiger partial charge < -0.3 is 5.32 Å². The van der Waals surface area contributed by atoms with Gasteiger partial charge in [-0.05, 0) is 30.5 Å². The number of amides is 1. The average Bonchev–Trinajstić information content (AvgIpc) is 3.28. The molecule has 3 rings (SSSR count). The summed E-state index contributed by atoms with van der Waals surface area (Å²) >= 11 is 0. The fraction of sp³-hybridized carbons (Fsp3) is 0.250. The minimum Gasteiger partial charge on any atom is -0.351 e. The zero-order chi connectivity index (χ0) is 14.0. The molecule has 1 heterocycles. The Labute approximate surface area is 116 Å². The van der Waals surface area contributed by atoms with Crippen LogP contribution in [0.4, 0.5) is 4.39 Å². The molecule has 2 aromatic rings. The Morgan fingerprint density at radius 1 is 1.25 bits per heavy atom. The van der Waals surface area contributed by atoms with Gasteiger partial charge in [-0.1, -0.05) is 24.3 Å². The van der Waals surface area contributed by atoms with Gasteiger partial charge in [-0.3, -0.25) is 9.78 Å². The number of nitrogens with zero attached hydrogens (tertiary/aromatic N) is 1. The Hall–Kier alpha value is -2.23. The lowest BCUT2D eigenvalue weighted by atomic mass is 9.94. The number of halogens is 1. The van der Waals surface area contributed by atoms with Gasteiger partial charge >= 0.3 is 0 Å². The SMILES string of the molecule is O=C(NCc1cccnc1)C1(c2ccccc2F)CC1. The number of benzene rings is 1. The van der Waals surface area contributed by atoms with E-state index in [9.17, 15) is 9.18 Å². The lowest BCUT2D eigenvalue weighted by Gasteiger charge is -2.16. The third-order valence-corrected chi connectivity index (χ3v) is 3.75. The second-order valence-corrected chi connectivity index (χ2v) is 5.11. The van der Waals surface area contributed by atoms with Crippen LogP contribution >= 0.6 is 0 Å². The van der Waals surface area contributed by atoms with Gasteiger partial charge in [0.15, 0.2) is 0 Å². The van der Waals surface area contributed by atoms with Crippen LogP contribution in [-0.2, 0) is 16.8 Å². The van der Waals surface area contributed by atoms with Crippen molar-refractivity contribution in [1.82, 2.24) is 10.3 Å². The summed E-state index contributed by atoms with van der Waals surface area (Å²) in [4.78, 5) is 16.4. The number of nitrogens with one attached hydrogen (secondary N) is 1. The number of carbonyl (C=O) groups excluding carboxylic acids is 1. The molecule has 1 fully saturated rings. The number of pyridine rings is 1. The molecular formula is C16H15FN2O. The first-order valence-corrected chi connectivity index (χ1v) is 6.65. The van der Waals surface area contributed by atoms with Crippen LogP contribution in [0, 0.1) is 5.82 Å². The molecule has 0 bridgehead atoms. The molecule has 0 spiro atoms. The van der Waals surface area contributed by atoms with E-state index in [1.807, 2.05) is 12.1 Å². The van der Waals surface area contributed by atoms with Crippen molar-refractivity contribution in [2.24, 2.45) is 0 Å². The smallest absolute Gasteiger partial charge is 0.231 e. The standard InChI is InChI=1S/C16H15FN2O/c17-14-6-2-1-5-13(14)16(7-8-16)15(20)19-11-12-4-3-9-18-10-12/h1-6,9-10H,7-8,11H2,(H,19,20). The zero-order valence-electron chi connectivity index (χ0n) is 11.0. The molecule has 3 nitrogen and oxygen atoms in total. The fourth-order valence-corrected chi connectivity index (χ4v) is 2.45. The van der Waals surface area contributed by atoms with Crippen LogP contribution < -0.4 is 5.32 Å². The van der Waals surface area contributed by atoms with Crippen molar-refractivity contribution in [2.75, 3.05) is 0 Å². The summed E-state index contributed by atoms with van der Waals surface area (Å²) in [6.45, 7) is 0.420. The number of hydrogen-bond acceptors (Lipinski definition) is 2. The highest BCUT2D eigenvalue weighted by molar-refractivity contribution is 5.91. The van der Waals surface area contributed by atoms with Gasteiger partial charge in [-0.2, -0.15) is 0 Å². The van der Waals surface area contributed by atoms with Crippen molar-refractivity contribution in [2.45, 2.75) is 24.8 Å². The van der Waals surface area contributed by atoms with Crippen LogP contribution in [-0.4, -0.2) is 10.9 Å². The molecule has 0 radical (unpaired) electrons. The van der Waals surface area contributed by atoms with Crippen LogP contribution in [0.1, 0.15) is 24.0 Å². The molecule has 1 amide bonds. The van der Waals surface area contributed by atoms with Crippen molar-refractivity contribution in [1.29, 1.82) is 0 Å². The summed E-state index contributed by atoms with van der Waals surface area (Å²) in [5.74, 6) is -0.409. The normalized spacial score (nSPS) is 15.7. The van der Waals surface area contributed by atoms with Gasteiger partial charge in [0, 0.05) is 24.5 Å². The maximum absolute atomic E-state index is 13.9. The molecule has 1 aromatic heterocycles. The van der Waals surface area contributed by atoms with Gasteiger partial charge in [0.05, 0.1) is 5.41 Å². The number of rotatable bonds is 4. The summed E-state index contributed by atoms with van der Waals surface area (Å²) in [5, 5.41) is 2.88. The van der Waals surface area contributed by atoms with Crippen molar-refractivity contribution in [3.05, 3.63) is 65.7 Å². The summed E-state index contributed by atoms with van der Waals surface area (Å²) in [6.07, 6.45) is 4.80. The van der Waals surface area contributed by atoms with Crippen molar-refractivity contribution in [3.63, 3.8) is 0 Å². The summed E-state index contributed by atoms with van der Waals surface area (Å²) in [5.41, 5.74) is 0.766. The lowest BCUT2D eigenvalue weighted by Crippen LogP contribution is -2.34. The second-order valence-electron chi connectivity index (χ2n) is 5.11. The van der Waals surface area contributed by atoms with Crippen LogP contribution in [0.5, 0.6) is 0 Å². The quantitative estimate of drug-likeness (QED) is 0.927. The van der Waals surface area contributed by atoms with E-state index in [4.69, 9.17) is 0 Å². The molecule has 0 aliphatic heterocycles. The first-order chi connectivity index (χ1) is 9.72. The first-order valence-electron chi connectivity index (χ1n) is 6.65. The molecule has 0 atom stereocenters. The number of aromatic nitrogens is 1. The molecule has 1 N–H and O–H groups in total. The van der Waals surface area contributed by atoms with Crippen LogP contribution in [0.15, 0.2) is 48.8 Å². The second kappa shape index (κ2) is 5.04. The zero-order valence-corrected chi connectivity index (χ0v) is 11.0. The minimum atomic E-state index is -0.673. The van der Waals surface area contributed by atoms with E-state index in [0.717, 1.165) is 5.56 Å². The summed E-state index contributed by atoms with van der Waals surface area (Å²) < 4.78 is 13.9. The highest BCUT2D eigenvalue weighted by atomic mass is 19.1. The minimum absolute atomic E-state index is 0.105. The summed E-state index contributed by atoms with van der Waals surface area (Å²) in [7, 11) is 0. The molecule has 0 unspecified atom stereocenters. The van der Waals surface area contributed by atoms with E-state index in [-0.39, 0.29) is 11.7 Å². The number of carbonyl (C=O) groups is 1. The maximum Gasteiger partial charge on any atom is 0.231 e. The molecule has 1 aliphatic carbocycles. The highest BCUT2D eigenvalue weighted by Gasteiger charge is 2.52. The van der Waals surface area contributed by atoms with E-state index in [0.29, 0.717) is 24.9 Å².